The maximum absolute atomic E-state index is 12.3. The SMILES string of the molecule is Cc1[nH]c(=O)c(C#N)c(C)c1CCC(=O)NNC(=O)Cc1cccc2ccccc12. The van der Waals surface area contributed by atoms with Crippen molar-refractivity contribution in [2.45, 2.75) is 33.1 Å². The Hall–Kier alpha value is -3.92. The van der Waals surface area contributed by atoms with E-state index in [0.717, 1.165) is 21.9 Å². The van der Waals surface area contributed by atoms with E-state index in [1.807, 2.05) is 48.5 Å². The zero-order valence-corrected chi connectivity index (χ0v) is 16.8. The number of nitriles is 1. The minimum absolute atomic E-state index is 0.0550. The molecule has 0 saturated heterocycles. The summed E-state index contributed by atoms with van der Waals surface area (Å²) in [7, 11) is 0. The largest absolute Gasteiger partial charge is 0.325 e. The summed E-state index contributed by atoms with van der Waals surface area (Å²) in [5.41, 5.74) is 7.33. The van der Waals surface area contributed by atoms with Crippen LogP contribution >= 0.6 is 0 Å². The topological polar surface area (TPSA) is 115 Å². The van der Waals surface area contributed by atoms with E-state index in [9.17, 15) is 14.4 Å². The van der Waals surface area contributed by atoms with Crippen molar-refractivity contribution >= 4 is 22.6 Å². The molecule has 0 atom stereocenters. The molecular weight excluding hydrogens is 380 g/mol. The molecule has 0 fully saturated rings. The van der Waals surface area contributed by atoms with Crippen LogP contribution < -0.4 is 16.4 Å². The Morgan fingerprint density at radius 3 is 2.50 bits per heavy atom. The van der Waals surface area contributed by atoms with Gasteiger partial charge in [-0.15, -0.1) is 0 Å². The highest BCUT2D eigenvalue weighted by molar-refractivity contribution is 5.90. The summed E-state index contributed by atoms with van der Waals surface area (Å²) in [6, 6.07) is 15.5. The fraction of sp³-hybridized carbons (Fsp3) is 0.217. The van der Waals surface area contributed by atoms with E-state index in [0.29, 0.717) is 17.7 Å². The van der Waals surface area contributed by atoms with Crippen LogP contribution in [-0.2, 0) is 22.4 Å². The number of hydrogen-bond donors (Lipinski definition) is 3. The summed E-state index contributed by atoms with van der Waals surface area (Å²) in [4.78, 5) is 38.9. The fourth-order valence-corrected chi connectivity index (χ4v) is 3.52. The van der Waals surface area contributed by atoms with Gasteiger partial charge in [0, 0.05) is 12.1 Å². The zero-order valence-electron chi connectivity index (χ0n) is 16.8. The molecule has 30 heavy (non-hydrogen) atoms. The van der Waals surface area contributed by atoms with Crippen molar-refractivity contribution < 1.29 is 9.59 Å². The first-order valence-electron chi connectivity index (χ1n) is 9.57. The molecule has 0 radical (unpaired) electrons. The molecule has 0 aliphatic heterocycles. The summed E-state index contributed by atoms with van der Waals surface area (Å²) in [5, 5.41) is 11.2. The van der Waals surface area contributed by atoms with Crippen LogP contribution in [0.5, 0.6) is 0 Å². The van der Waals surface area contributed by atoms with Crippen LogP contribution in [0.2, 0.25) is 0 Å². The normalized spacial score (nSPS) is 10.4. The Morgan fingerprint density at radius 1 is 1.03 bits per heavy atom. The van der Waals surface area contributed by atoms with Crippen molar-refractivity contribution in [1.29, 1.82) is 5.26 Å². The molecule has 0 aliphatic rings. The Balaban J connectivity index is 1.57. The van der Waals surface area contributed by atoms with Crippen LogP contribution in [0.3, 0.4) is 0 Å². The van der Waals surface area contributed by atoms with Crippen LogP contribution in [-0.4, -0.2) is 16.8 Å². The summed E-state index contributed by atoms with van der Waals surface area (Å²) in [6.45, 7) is 3.43. The molecular formula is C23H22N4O3. The molecule has 0 saturated carbocycles. The third-order valence-corrected chi connectivity index (χ3v) is 5.09. The maximum atomic E-state index is 12.3. The zero-order chi connectivity index (χ0) is 21.7. The van der Waals surface area contributed by atoms with Crippen LogP contribution in [0.4, 0.5) is 0 Å². The maximum Gasteiger partial charge on any atom is 0.266 e. The van der Waals surface area contributed by atoms with E-state index >= 15 is 0 Å². The van der Waals surface area contributed by atoms with E-state index in [2.05, 4.69) is 15.8 Å². The number of nitrogens with one attached hydrogen (secondary N) is 3. The highest BCUT2D eigenvalue weighted by Crippen LogP contribution is 2.19. The molecule has 1 aromatic heterocycles. The molecule has 3 aromatic rings. The number of aryl methyl sites for hydroxylation is 1. The van der Waals surface area contributed by atoms with Crippen LogP contribution in [0, 0.1) is 25.2 Å². The highest BCUT2D eigenvalue weighted by atomic mass is 16.2. The molecule has 3 rings (SSSR count). The van der Waals surface area contributed by atoms with Crippen molar-refractivity contribution in [3.8, 4) is 6.07 Å². The van der Waals surface area contributed by atoms with Gasteiger partial charge in [0.15, 0.2) is 0 Å². The first-order valence-corrected chi connectivity index (χ1v) is 9.57. The molecule has 7 heteroatoms. The number of hydrogen-bond acceptors (Lipinski definition) is 4. The van der Waals surface area contributed by atoms with Gasteiger partial charge in [-0.05, 0) is 47.7 Å². The van der Waals surface area contributed by atoms with Gasteiger partial charge in [0.05, 0.1) is 6.42 Å². The van der Waals surface area contributed by atoms with Gasteiger partial charge in [0.1, 0.15) is 11.6 Å². The second-order valence-corrected chi connectivity index (χ2v) is 7.08. The van der Waals surface area contributed by atoms with E-state index in [4.69, 9.17) is 5.26 Å². The number of rotatable bonds is 5. The smallest absolute Gasteiger partial charge is 0.266 e. The number of amides is 2. The first kappa shape index (κ1) is 20.8. The predicted octanol–water partition coefficient (Wildman–Crippen LogP) is 2.34. The van der Waals surface area contributed by atoms with Crippen molar-refractivity contribution in [3.63, 3.8) is 0 Å². The number of hydrazine groups is 1. The number of aromatic amines is 1. The Labute approximate surface area is 173 Å². The van der Waals surface area contributed by atoms with Gasteiger partial charge in [0.2, 0.25) is 11.8 Å². The van der Waals surface area contributed by atoms with E-state index in [1.54, 1.807) is 13.8 Å². The van der Waals surface area contributed by atoms with Crippen molar-refractivity contribution in [3.05, 3.63) is 80.8 Å². The quantitative estimate of drug-likeness (QED) is 0.568. The summed E-state index contributed by atoms with van der Waals surface area (Å²) >= 11 is 0. The number of pyridine rings is 1. The highest BCUT2D eigenvalue weighted by Gasteiger charge is 2.14. The molecule has 7 nitrogen and oxygen atoms in total. The van der Waals surface area contributed by atoms with E-state index in [1.165, 1.54) is 0 Å². The molecule has 152 valence electrons. The number of nitrogens with zero attached hydrogens (tertiary/aromatic N) is 1. The molecule has 0 aliphatic carbocycles. The molecule has 0 spiro atoms. The lowest BCUT2D eigenvalue weighted by Crippen LogP contribution is -2.42. The number of aromatic nitrogens is 1. The number of fused-ring (bicyclic) bond motifs is 1. The van der Waals surface area contributed by atoms with Gasteiger partial charge in [-0.2, -0.15) is 5.26 Å². The Bertz CT molecular complexity index is 1220. The lowest BCUT2D eigenvalue weighted by molar-refractivity contribution is -0.128. The van der Waals surface area contributed by atoms with Crippen molar-refractivity contribution in [2.75, 3.05) is 0 Å². The second kappa shape index (κ2) is 9.05. The minimum Gasteiger partial charge on any atom is -0.325 e. The van der Waals surface area contributed by atoms with Crippen LogP contribution in [0.1, 0.15) is 34.4 Å². The molecule has 1 heterocycles. The Kier molecular flexibility index (Phi) is 6.28. The fourth-order valence-electron chi connectivity index (χ4n) is 3.52. The van der Waals surface area contributed by atoms with Crippen LogP contribution in [0.15, 0.2) is 47.3 Å². The molecule has 2 amide bonds. The lowest BCUT2D eigenvalue weighted by Gasteiger charge is -2.12. The third kappa shape index (κ3) is 4.55. The monoisotopic (exact) mass is 402 g/mol. The first-order chi connectivity index (χ1) is 14.4. The molecule has 0 unspecified atom stereocenters. The average Bonchev–Trinajstić information content (AvgIpc) is 2.72. The van der Waals surface area contributed by atoms with Gasteiger partial charge in [-0.25, -0.2) is 0 Å². The van der Waals surface area contributed by atoms with Gasteiger partial charge >= 0.3 is 0 Å². The average molecular weight is 402 g/mol. The van der Waals surface area contributed by atoms with Gasteiger partial charge < -0.3 is 4.98 Å². The summed E-state index contributed by atoms with van der Waals surface area (Å²) in [5.74, 6) is -0.673. The van der Waals surface area contributed by atoms with Gasteiger partial charge in [0.25, 0.3) is 5.56 Å². The van der Waals surface area contributed by atoms with Gasteiger partial charge in [-0.3, -0.25) is 25.2 Å². The summed E-state index contributed by atoms with van der Waals surface area (Å²) < 4.78 is 0. The molecule has 3 N–H and O–H groups in total. The third-order valence-electron chi connectivity index (χ3n) is 5.09. The van der Waals surface area contributed by atoms with Crippen molar-refractivity contribution in [2.24, 2.45) is 0 Å². The number of carbonyl (C=O) groups is 2. The summed E-state index contributed by atoms with van der Waals surface area (Å²) in [6.07, 6.45) is 0.590. The predicted molar refractivity (Wildman–Crippen MR) is 114 cm³/mol. The molecule has 2 aromatic carbocycles. The number of carbonyl (C=O) groups excluding carboxylic acids is 2. The lowest BCUT2D eigenvalue weighted by atomic mass is 9.99. The standard InChI is InChI=1S/C23H22N4O3/c1-14-18(15(2)25-23(30)20(14)13-24)10-11-21(28)26-27-22(29)12-17-8-5-7-16-6-3-4-9-19(16)17/h3-9H,10-12H2,1-2H3,(H,25,30)(H,26,28)(H,27,29). The number of H-pyrrole nitrogens is 1. The van der Waals surface area contributed by atoms with E-state index < -0.39 is 5.56 Å². The minimum atomic E-state index is -0.429. The molecule has 0 bridgehead atoms. The number of benzene rings is 2. The second-order valence-electron chi connectivity index (χ2n) is 7.08. The van der Waals surface area contributed by atoms with E-state index in [-0.39, 0.29) is 30.2 Å². The van der Waals surface area contributed by atoms with Crippen LogP contribution in [0.25, 0.3) is 10.8 Å². The Morgan fingerprint density at radius 2 is 1.73 bits per heavy atom. The van der Waals surface area contributed by atoms with Gasteiger partial charge in [-0.1, -0.05) is 42.5 Å². The van der Waals surface area contributed by atoms with Crippen molar-refractivity contribution in [1.82, 2.24) is 15.8 Å².